The Balaban J connectivity index is 1.33. The first-order valence-electron chi connectivity index (χ1n) is 17.1. The first-order valence-corrected chi connectivity index (χ1v) is 17.1. The van der Waals surface area contributed by atoms with Gasteiger partial charge in [0.15, 0.2) is 0 Å². The van der Waals surface area contributed by atoms with Gasteiger partial charge in [-0.2, -0.15) is 0 Å². The van der Waals surface area contributed by atoms with E-state index in [0.717, 1.165) is 28.1 Å². The van der Waals surface area contributed by atoms with Crippen molar-refractivity contribution < 1.29 is 14.4 Å². The molecule has 6 aromatic rings. The number of nitrogens with zero attached hydrogens (tertiary/aromatic N) is 6. The van der Waals surface area contributed by atoms with E-state index in [0.29, 0.717) is 39.5 Å². The lowest BCUT2D eigenvalue weighted by atomic mass is 10.1. The number of pyridine rings is 2. The van der Waals surface area contributed by atoms with Crippen LogP contribution >= 0.6 is 0 Å². The SMILES string of the molecule is C=CN=C(C=C)c1ccc(C(=O)N(C)c2cc(N(C)C(=O)c3ccc(-c4ccccn4)cc3)cc(N(C)C(=O)c3ccc(-c4ccccn4)cc3)c2)cc1. The number of benzene rings is 4. The Kier molecular flexibility index (Phi) is 11.1. The van der Waals surface area contributed by atoms with Crippen LogP contribution in [-0.2, 0) is 0 Å². The third kappa shape index (κ3) is 7.95. The van der Waals surface area contributed by atoms with Crippen molar-refractivity contribution in [1.82, 2.24) is 9.97 Å². The highest BCUT2D eigenvalue weighted by Gasteiger charge is 2.22. The molecule has 3 amide bonds. The molecule has 0 aliphatic carbocycles. The van der Waals surface area contributed by atoms with Crippen molar-refractivity contribution in [2.45, 2.75) is 0 Å². The molecule has 0 bridgehead atoms. The first-order chi connectivity index (χ1) is 26.2. The Morgan fingerprint density at radius 1 is 0.519 bits per heavy atom. The van der Waals surface area contributed by atoms with Crippen LogP contribution in [0.1, 0.15) is 36.6 Å². The lowest BCUT2D eigenvalue weighted by Crippen LogP contribution is -2.30. The van der Waals surface area contributed by atoms with Gasteiger partial charge in [-0.05, 0) is 84.9 Å². The molecule has 0 aliphatic rings. The number of aliphatic imine (C=N–C) groups is 1. The van der Waals surface area contributed by atoms with Gasteiger partial charge in [0, 0.05) is 90.2 Å². The zero-order valence-corrected chi connectivity index (χ0v) is 30.3. The van der Waals surface area contributed by atoms with Gasteiger partial charge in [0.2, 0.25) is 0 Å². The van der Waals surface area contributed by atoms with Gasteiger partial charge in [0.1, 0.15) is 0 Å². The van der Waals surface area contributed by atoms with Gasteiger partial charge in [0.25, 0.3) is 17.7 Å². The lowest BCUT2D eigenvalue weighted by molar-refractivity contribution is 0.0986. The number of anilines is 3. The molecule has 54 heavy (non-hydrogen) atoms. The topological polar surface area (TPSA) is 99.1 Å². The molecule has 0 aliphatic heterocycles. The molecule has 0 saturated carbocycles. The molecular formula is C45H38N6O3. The molecule has 9 nitrogen and oxygen atoms in total. The van der Waals surface area contributed by atoms with Crippen molar-refractivity contribution in [1.29, 1.82) is 0 Å². The fourth-order valence-corrected chi connectivity index (χ4v) is 5.85. The van der Waals surface area contributed by atoms with Crippen LogP contribution in [0.4, 0.5) is 17.1 Å². The molecule has 0 atom stereocenters. The monoisotopic (exact) mass is 710 g/mol. The normalized spacial score (nSPS) is 11.0. The summed E-state index contributed by atoms with van der Waals surface area (Å²) < 4.78 is 0. The van der Waals surface area contributed by atoms with E-state index >= 15 is 0 Å². The molecule has 0 spiro atoms. The summed E-state index contributed by atoms with van der Waals surface area (Å²) in [5.41, 5.74) is 7.59. The summed E-state index contributed by atoms with van der Waals surface area (Å²) in [5.74, 6) is -0.828. The van der Waals surface area contributed by atoms with Crippen LogP contribution in [0, 0.1) is 0 Å². The third-order valence-corrected chi connectivity index (χ3v) is 9.00. The van der Waals surface area contributed by atoms with Gasteiger partial charge in [-0.1, -0.05) is 61.7 Å². The molecule has 0 unspecified atom stereocenters. The van der Waals surface area contributed by atoms with Crippen LogP contribution in [0.25, 0.3) is 22.5 Å². The van der Waals surface area contributed by atoms with E-state index in [1.165, 1.54) is 20.9 Å². The maximum Gasteiger partial charge on any atom is 0.258 e. The van der Waals surface area contributed by atoms with Crippen molar-refractivity contribution in [3.8, 4) is 22.5 Å². The number of hydrogen-bond acceptors (Lipinski definition) is 6. The number of amides is 3. The van der Waals surface area contributed by atoms with Crippen molar-refractivity contribution in [2.24, 2.45) is 4.99 Å². The van der Waals surface area contributed by atoms with Gasteiger partial charge in [0.05, 0.1) is 17.1 Å². The zero-order chi connectivity index (χ0) is 38.2. The molecule has 4 aromatic carbocycles. The van der Waals surface area contributed by atoms with Crippen LogP contribution < -0.4 is 14.7 Å². The van der Waals surface area contributed by atoms with Crippen LogP contribution in [0.5, 0.6) is 0 Å². The molecule has 0 N–H and O–H groups in total. The van der Waals surface area contributed by atoms with Crippen molar-refractivity contribution in [3.63, 3.8) is 0 Å². The van der Waals surface area contributed by atoms with Crippen molar-refractivity contribution >= 4 is 40.5 Å². The van der Waals surface area contributed by atoms with Gasteiger partial charge in [-0.15, -0.1) is 0 Å². The van der Waals surface area contributed by atoms with Crippen LogP contribution in [0.15, 0.2) is 170 Å². The predicted octanol–water partition coefficient (Wildman–Crippen LogP) is 8.76. The maximum atomic E-state index is 13.9. The summed E-state index contributed by atoms with van der Waals surface area (Å²) >= 11 is 0. The van der Waals surface area contributed by atoms with Crippen LogP contribution in [0.3, 0.4) is 0 Å². The second-order valence-corrected chi connectivity index (χ2v) is 12.4. The van der Waals surface area contributed by atoms with Crippen LogP contribution in [0.2, 0.25) is 0 Å². The molecule has 266 valence electrons. The minimum atomic E-state index is -0.288. The largest absolute Gasteiger partial charge is 0.311 e. The second kappa shape index (κ2) is 16.4. The summed E-state index contributed by atoms with van der Waals surface area (Å²) in [6.07, 6.45) is 6.50. The molecule has 2 aromatic heterocycles. The van der Waals surface area contributed by atoms with Gasteiger partial charge in [-0.25, -0.2) is 0 Å². The Labute approximate surface area is 314 Å². The molecular weight excluding hydrogens is 673 g/mol. The standard InChI is InChI=1S/C45H38N6O3/c1-6-40(46-7-2)31-14-20-34(21-15-31)43(52)49(3)37-28-38(50(4)44(53)35-22-16-32(17-23-35)41-12-8-10-26-47-41)30-39(29-37)51(5)45(54)36-24-18-33(19-25-36)42-13-9-11-27-48-42/h6-30H,1-2H2,3-5H3. The average Bonchev–Trinajstić information content (AvgIpc) is 3.24. The minimum absolute atomic E-state index is 0.270. The Morgan fingerprint density at radius 3 is 1.19 bits per heavy atom. The quantitative estimate of drug-likeness (QED) is 0.125. The van der Waals surface area contributed by atoms with Gasteiger partial charge in [-0.3, -0.25) is 29.3 Å². The minimum Gasteiger partial charge on any atom is -0.311 e. The summed E-state index contributed by atoms with van der Waals surface area (Å²) in [6.45, 7) is 7.46. The maximum absolute atomic E-state index is 13.9. The highest BCUT2D eigenvalue weighted by atomic mass is 16.2. The summed E-state index contributed by atoms with van der Waals surface area (Å²) in [6, 6.07) is 38.1. The van der Waals surface area contributed by atoms with E-state index in [9.17, 15) is 14.4 Å². The highest BCUT2D eigenvalue weighted by Crippen LogP contribution is 2.32. The number of carbonyl (C=O) groups is 3. The number of rotatable bonds is 11. The molecule has 0 radical (unpaired) electrons. The third-order valence-electron chi connectivity index (χ3n) is 9.00. The number of allylic oxidation sites excluding steroid dienone is 1. The molecule has 0 fully saturated rings. The number of carbonyl (C=O) groups excluding carboxylic acids is 3. The van der Waals surface area contributed by atoms with E-state index in [-0.39, 0.29) is 17.7 Å². The van der Waals surface area contributed by atoms with Gasteiger partial charge < -0.3 is 14.7 Å². The van der Waals surface area contributed by atoms with Crippen LogP contribution in [-0.4, -0.2) is 54.5 Å². The van der Waals surface area contributed by atoms with E-state index in [1.54, 1.807) is 106 Å². The van der Waals surface area contributed by atoms with Gasteiger partial charge >= 0.3 is 0 Å². The number of aromatic nitrogens is 2. The van der Waals surface area contributed by atoms with E-state index in [1.807, 2.05) is 60.7 Å². The summed E-state index contributed by atoms with van der Waals surface area (Å²) in [5, 5.41) is 0. The average molecular weight is 711 g/mol. The fourth-order valence-electron chi connectivity index (χ4n) is 5.85. The summed E-state index contributed by atoms with van der Waals surface area (Å²) in [4.78, 5) is 59.2. The summed E-state index contributed by atoms with van der Waals surface area (Å²) in [7, 11) is 4.99. The highest BCUT2D eigenvalue weighted by molar-refractivity contribution is 6.12. The van der Waals surface area contributed by atoms with Crippen molar-refractivity contribution in [2.75, 3.05) is 35.8 Å². The number of hydrogen-bond donors (Lipinski definition) is 0. The Bertz CT molecular complexity index is 2220. The van der Waals surface area contributed by atoms with E-state index in [2.05, 4.69) is 28.1 Å². The Morgan fingerprint density at radius 2 is 0.870 bits per heavy atom. The lowest BCUT2D eigenvalue weighted by Gasteiger charge is -2.26. The van der Waals surface area contributed by atoms with E-state index in [4.69, 9.17) is 0 Å². The van der Waals surface area contributed by atoms with Crippen molar-refractivity contribution in [3.05, 3.63) is 187 Å². The molecule has 2 heterocycles. The zero-order valence-electron chi connectivity index (χ0n) is 30.3. The van der Waals surface area contributed by atoms with E-state index < -0.39 is 0 Å². The molecule has 6 rings (SSSR count). The predicted molar refractivity (Wildman–Crippen MR) is 217 cm³/mol. The smallest absolute Gasteiger partial charge is 0.258 e. The molecule has 9 heteroatoms. The first kappa shape index (κ1) is 36.5. The fraction of sp³-hybridized carbons (Fsp3) is 0.0667. The second-order valence-electron chi connectivity index (χ2n) is 12.4. The Hall–Kier alpha value is -7.26. The molecule has 0 saturated heterocycles.